The smallest absolute Gasteiger partial charge is 0.0695 e. The van der Waals surface area contributed by atoms with Crippen molar-refractivity contribution in [3.05, 3.63) is 0 Å². The minimum atomic E-state index is -0.0512. The molecule has 1 saturated carbocycles. The Hall–Kier alpha value is -0.0800. The van der Waals surface area contributed by atoms with Crippen LogP contribution in [-0.4, -0.2) is 35.2 Å². The van der Waals surface area contributed by atoms with Gasteiger partial charge in [0.05, 0.1) is 6.10 Å². The van der Waals surface area contributed by atoms with Crippen LogP contribution >= 0.6 is 0 Å². The first-order valence-electron chi connectivity index (χ1n) is 6.60. The lowest BCUT2D eigenvalue weighted by Crippen LogP contribution is -2.44. The van der Waals surface area contributed by atoms with Crippen LogP contribution < -0.4 is 0 Å². The molecular weight excluding hydrogens is 186 g/mol. The fourth-order valence-electron chi connectivity index (χ4n) is 3.18. The molecular formula is C13H25NO. The summed E-state index contributed by atoms with van der Waals surface area (Å²) in [6.45, 7) is 7.08. The van der Waals surface area contributed by atoms with Crippen molar-refractivity contribution in [1.82, 2.24) is 4.90 Å². The van der Waals surface area contributed by atoms with Crippen molar-refractivity contribution in [1.29, 1.82) is 0 Å². The third kappa shape index (κ3) is 2.54. The van der Waals surface area contributed by atoms with Crippen LogP contribution in [0.3, 0.4) is 0 Å². The molecule has 0 aromatic rings. The normalized spacial score (nSPS) is 38.8. The molecule has 3 atom stereocenters. The predicted molar refractivity (Wildman–Crippen MR) is 62.8 cm³/mol. The van der Waals surface area contributed by atoms with Crippen LogP contribution in [0, 0.1) is 11.8 Å². The highest BCUT2D eigenvalue weighted by molar-refractivity contribution is 4.88. The average Bonchev–Trinajstić information content (AvgIpc) is 2.67. The van der Waals surface area contributed by atoms with Crippen molar-refractivity contribution < 1.29 is 5.11 Å². The molecule has 1 unspecified atom stereocenters. The standard InChI is InChI=1S/C13H25NO/c1-10(2)11-7-8-14(9-11)12-5-3-4-6-13(12)15/h10-13,15H,3-9H2,1-2H3/t11?,12-,13-/m1/s1. The summed E-state index contributed by atoms with van der Waals surface area (Å²) in [4.78, 5) is 2.55. The average molecular weight is 211 g/mol. The van der Waals surface area contributed by atoms with E-state index in [-0.39, 0.29) is 6.10 Å². The molecule has 0 radical (unpaired) electrons. The van der Waals surface area contributed by atoms with Gasteiger partial charge in [-0.3, -0.25) is 4.90 Å². The second-order valence-electron chi connectivity index (χ2n) is 5.71. The van der Waals surface area contributed by atoms with Crippen molar-refractivity contribution in [3.8, 4) is 0 Å². The fourth-order valence-corrected chi connectivity index (χ4v) is 3.18. The number of likely N-dealkylation sites (tertiary alicyclic amines) is 1. The van der Waals surface area contributed by atoms with E-state index >= 15 is 0 Å². The zero-order valence-corrected chi connectivity index (χ0v) is 10.2. The van der Waals surface area contributed by atoms with Crippen molar-refractivity contribution >= 4 is 0 Å². The Labute approximate surface area is 93.7 Å². The number of nitrogens with zero attached hydrogens (tertiary/aromatic N) is 1. The molecule has 1 heterocycles. The van der Waals surface area contributed by atoms with Gasteiger partial charge in [-0.1, -0.05) is 26.7 Å². The maximum Gasteiger partial charge on any atom is 0.0695 e. The topological polar surface area (TPSA) is 23.5 Å². The largest absolute Gasteiger partial charge is 0.391 e. The van der Waals surface area contributed by atoms with Gasteiger partial charge in [-0.05, 0) is 37.6 Å². The first kappa shape index (κ1) is 11.4. The maximum atomic E-state index is 10.0. The molecule has 0 aromatic heterocycles. The molecule has 2 heteroatoms. The minimum Gasteiger partial charge on any atom is -0.391 e. The summed E-state index contributed by atoms with van der Waals surface area (Å²) >= 11 is 0. The molecule has 2 rings (SSSR count). The zero-order chi connectivity index (χ0) is 10.8. The molecule has 1 aliphatic carbocycles. The summed E-state index contributed by atoms with van der Waals surface area (Å²) in [5.74, 6) is 1.66. The van der Waals surface area contributed by atoms with Crippen molar-refractivity contribution in [2.45, 2.75) is 58.1 Å². The molecule has 0 spiro atoms. The number of aliphatic hydroxyl groups is 1. The summed E-state index contributed by atoms with van der Waals surface area (Å²) in [7, 11) is 0. The van der Waals surface area contributed by atoms with E-state index in [1.807, 2.05) is 0 Å². The first-order valence-corrected chi connectivity index (χ1v) is 6.60. The van der Waals surface area contributed by atoms with Crippen LogP contribution in [0.15, 0.2) is 0 Å². The van der Waals surface area contributed by atoms with Gasteiger partial charge in [0.15, 0.2) is 0 Å². The van der Waals surface area contributed by atoms with Gasteiger partial charge in [0.1, 0.15) is 0 Å². The van der Waals surface area contributed by atoms with Gasteiger partial charge in [-0.2, -0.15) is 0 Å². The van der Waals surface area contributed by atoms with Gasteiger partial charge in [0.25, 0.3) is 0 Å². The Balaban J connectivity index is 1.89. The maximum absolute atomic E-state index is 10.0. The Bertz CT molecular complexity index is 205. The molecule has 2 nitrogen and oxygen atoms in total. The van der Waals surface area contributed by atoms with Crippen molar-refractivity contribution in [2.24, 2.45) is 11.8 Å². The van der Waals surface area contributed by atoms with Crippen LogP contribution in [0.25, 0.3) is 0 Å². The van der Waals surface area contributed by atoms with Crippen LogP contribution in [-0.2, 0) is 0 Å². The predicted octanol–water partition coefficient (Wildman–Crippen LogP) is 2.27. The third-order valence-corrected chi connectivity index (χ3v) is 4.36. The van der Waals surface area contributed by atoms with Crippen molar-refractivity contribution in [3.63, 3.8) is 0 Å². The van der Waals surface area contributed by atoms with E-state index in [0.717, 1.165) is 18.3 Å². The Morgan fingerprint density at radius 2 is 1.87 bits per heavy atom. The van der Waals surface area contributed by atoms with Gasteiger partial charge < -0.3 is 5.11 Å². The summed E-state index contributed by atoms with van der Waals surface area (Å²) in [5, 5.41) is 10.0. The molecule has 2 aliphatic rings. The van der Waals surface area contributed by atoms with E-state index in [9.17, 15) is 5.11 Å². The molecule has 1 N–H and O–H groups in total. The lowest BCUT2D eigenvalue weighted by Gasteiger charge is -2.35. The van der Waals surface area contributed by atoms with E-state index in [1.165, 1.54) is 38.8 Å². The van der Waals surface area contributed by atoms with E-state index in [2.05, 4.69) is 18.7 Å². The van der Waals surface area contributed by atoms with Gasteiger partial charge in [0.2, 0.25) is 0 Å². The van der Waals surface area contributed by atoms with E-state index < -0.39 is 0 Å². The number of hydrogen-bond donors (Lipinski definition) is 1. The highest BCUT2D eigenvalue weighted by Gasteiger charge is 2.34. The zero-order valence-electron chi connectivity index (χ0n) is 10.2. The summed E-state index contributed by atoms with van der Waals surface area (Å²) < 4.78 is 0. The molecule has 15 heavy (non-hydrogen) atoms. The monoisotopic (exact) mass is 211 g/mol. The van der Waals surface area contributed by atoms with E-state index in [4.69, 9.17) is 0 Å². The van der Waals surface area contributed by atoms with Gasteiger partial charge in [0, 0.05) is 12.6 Å². The van der Waals surface area contributed by atoms with Crippen LogP contribution in [0.4, 0.5) is 0 Å². The van der Waals surface area contributed by atoms with Gasteiger partial charge >= 0.3 is 0 Å². The van der Waals surface area contributed by atoms with Gasteiger partial charge in [-0.15, -0.1) is 0 Å². The van der Waals surface area contributed by atoms with Crippen LogP contribution in [0.2, 0.25) is 0 Å². The summed E-state index contributed by atoms with van der Waals surface area (Å²) in [6, 6.07) is 0.475. The Kier molecular flexibility index (Phi) is 3.68. The quantitative estimate of drug-likeness (QED) is 0.757. The van der Waals surface area contributed by atoms with E-state index in [1.54, 1.807) is 0 Å². The molecule has 1 saturated heterocycles. The first-order chi connectivity index (χ1) is 7.18. The molecule has 1 aliphatic heterocycles. The van der Waals surface area contributed by atoms with E-state index in [0.29, 0.717) is 6.04 Å². The molecule has 2 fully saturated rings. The SMILES string of the molecule is CC(C)C1CCN([C@@H]2CCCC[C@H]2O)C1. The fraction of sp³-hybridized carbons (Fsp3) is 1.00. The Morgan fingerprint density at radius 3 is 2.47 bits per heavy atom. The Morgan fingerprint density at radius 1 is 1.13 bits per heavy atom. The third-order valence-electron chi connectivity index (χ3n) is 4.36. The second-order valence-corrected chi connectivity index (χ2v) is 5.71. The molecule has 0 aromatic carbocycles. The molecule has 0 bridgehead atoms. The minimum absolute atomic E-state index is 0.0512. The van der Waals surface area contributed by atoms with Crippen molar-refractivity contribution in [2.75, 3.05) is 13.1 Å². The van der Waals surface area contributed by atoms with Crippen LogP contribution in [0.1, 0.15) is 46.0 Å². The second kappa shape index (κ2) is 4.84. The summed E-state index contributed by atoms with van der Waals surface area (Å²) in [5.41, 5.74) is 0. The number of aliphatic hydroxyl groups excluding tert-OH is 1. The molecule has 88 valence electrons. The number of rotatable bonds is 2. The highest BCUT2D eigenvalue weighted by Crippen LogP contribution is 2.30. The highest BCUT2D eigenvalue weighted by atomic mass is 16.3. The lowest BCUT2D eigenvalue weighted by molar-refractivity contribution is 0.0285. The molecule has 0 amide bonds. The van der Waals surface area contributed by atoms with Crippen LogP contribution in [0.5, 0.6) is 0 Å². The summed E-state index contributed by atoms with van der Waals surface area (Å²) in [6.07, 6.45) is 6.05. The van der Waals surface area contributed by atoms with Gasteiger partial charge in [-0.25, -0.2) is 0 Å². The number of hydrogen-bond acceptors (Lipinski definition) is 2. The lowest BCUT2D eigenvalue weighted by atomic mass is 9.91.